The molecule has 0 heterocycles. The van der Waals surface area contributed by atoms with Crippen molar-refractivity contribution in [2.75, 3.05) is 4.72 Å². The van der Waals surface area contributed by atoms with E-state index in [4.69, 9.17) is 4.74 Å². The fourth-order valence-electron chi connectivity index (χ4n) is 5.10. The van der Waals surface area contributed by atoms with Crippen LogP contribution in [-0.2, 0) is 14.8 Å². The van der Waals surface area contributed by atoms with E-state index >= 15 is 0 Å². The maximum Gasteiger partial charge on any atom is 0.336 e. The molecule has 0 aliphatic rings. The molecule has 0 aliphatic carbocycles. The van der Waals surface area contributed by atoms with Crippen LogP contribution in [0.2, 0.25) is 0 Å². The zero-order chi connectivity index (χ0) is 30.6. The number of hydrogen-bond acceptors (Lipinski definition) is 4. The predicted molar refractivity (Wildman–Crippen MR) is 171 cm³/mol. The Bertz CT molecular complexity index is 1400. The van der Waals surface area contributed by atoms with Crippen LogP contribution in [0, 0.1) is 0 Å². The molecule has 0 amide bonds. The fraction of sp³-hybridized carbons (Fsp3) is 0.457. The van der Waals surface area contributed by atoms with Gasteiger partial charge in [0.05, 0.1) is 5.69 Å². The van der Waals surface area contributed by atoms with E-state index in [1.54, 1.807) is 30.3 Å². The van der Waals surface area contributed by atoms with Crippen LogP contribution in [0.15, 0.2) is 60.7 Å². The molecule has 5 nitrogen and oxygen atoms in total. The van der Waals surface area contributed by atoms with Gasteiger partial charge in [-0.05, 0) is 63.0 Å². The van der Waals surface area contributed by atoms with Crippen LogP contribution < -0.4 is 9.46 Å². The van der Waals surface area contributed by atoms with Gasteiger partial charge >= 0.3 is 5.97 Å². The molecular formula is C35H47NO4S. The van der Waals surface area contributed by atoms with Crippen molar-refractivity contribution < 1.29 is 17.9 Å². The summed E-state index contributed by atoms with van der Waals surface area (Å²) < 4.78 is 37.6. The second-order valence-electron chi connectivity index (χ2n) is 12.5. The van der Waals surface area contributed by atoms with Crippen molar-refractivity contribution in [3.8, 4) is 5.75 Å². The average Bonchev–Trinajstić information content (AvgIpc) is 2.88. The summed E-state index contributed by atoms with van der Waals surface area (Å²) in [5.41, 5.74) is 5.63. The van der Waals surface area contributed by atoms with Crippen molar-refractivity contribution in [3.63, 3.8) is 0 Å². The first kappa shape index (κ1) is 32.4. The maximum atomic E-state index is 14.3. The minimum atomic E-state index is -4.28. The lowest BCUT2D eigenvalue weighted by Crippen LogP contribution is -2.32. The number of nitrogens with one attached hydrogen (secondary N) is 1. The molecule has 0 bridgehead atoms. The molecular weight excluding hydrogens is 530 g/mol. The van der Waals surface area contributed by atoms with Crippen LogP contribution in [0.3, 0.4) is 0 Å². The quantitative estimate of drug-likeness (QED) is 0.182. The maximum absolute atomic E-state index is 14.3. The molecule has 0 fully saturated rings. The number of benzene rings is 3. The van der Waals surface area contributed by atoms with Crippen LogP contribution >= 0.6 is 0 Å². The molecule has 0 saturated carbocycles. The van der Waals surface area contributed by atoms with E-state index in [2.05, 4.69) is 58.4 Å². The predicted octanol–water partition coefficient (Wildman–Crippen LogP) is 9.39. The van der Waals surface area contributed by atoms with Crippen molar-refractivity contribution in [3.05, 3.63) is 94.0 Å². The van der Waals surface area contributed by atoms with E-state index in [0.29, 0.717) is 22.9 Å². The Balaban J connectivity index is 2.19. The van der Waals surface area contributed by atoms with Gasteiger partial charge in [-0.2, -0.15) is 0 Å². The number of anilines is 1. The molecule has 0 spiro atoms. The molecule has 1 atom stereocenters. The van der Waals surface area contributed by atoms with Gasteiger partial charge in [-0.3, -0.25) is 4.72 Å². The van der Waals surface area contributed by atoms with E-state index in [-0.39, 0.29) is 23.7 Å². The van der Waals surface area contributed by atoms with Crippen molar-refractivity contribution in [1.29, 1.82) is 0 Å². The number of esters is 1. The van der Waals surface area contributed by atoms with Gasteiger partial charge in [0.2, 0.25) is 5.25 Å². The van der Waals surface area contributed by atoms with E-state index in [9.17, 15) is 13.2 Å². The number of ether oxygens (including phenoxy) is 1. The summed E-state index contributed by atoms with van der Waals surface area (Å²) in [5.74, 6) is 0.223. The lowest BCUT2D eigenvalue weighted by atomic mass is 9.88. The molecule has 3 aromatic carbocycles. The highest BCUT2D eigenvalue weighted by atomic mass is 32.2. The highest BCUT2D eigenvalue weighted by Gasteiger charge is 2.38. The smallest absolute Gasteiger partial charge is 0.336 e. The molecule has 41 heavy (non-hydrogen) atoms. The second kappa shape index (κ2) is 13.2. The molecule has 6 heteroatoms. The molecule has 1 N–H and O–H groups in total. The third-order valence-corrected chi connectivity index (χ3v) is 9.10. The Hall–Kier alpha value is -3.12. The van der Waals surface area contributed by atoms with Gasteiger partial charge in [0.15, 0.2) is 0 Å². The van der Waals surface area contributed by atoms with Crippen LogP contribution in [-0.4, -0.2) is 14.4 Å². The van der Waals surface area contributed by atoms with Crippen LogP contribution in [0.25, 0.3) is 0 Å². The highest BCUT2D eigenvalue weighted by molar-refractivity contribution is 7.93. The van der Waals surface area contributed by atoms with Crippen LogP contribution in [0.4, 0.5) is 5.69 Å². The molecule has 0 radical (unpaired) electrons. The SMILES string of the molecule is CC(C)c1cc(C(C)C)c(NS(=O)(=O)C(C(=O)Oc2c(C(C)C)cccc2C(C)C)c2ccccc2)c(C(C)C)c1. The first-order valence-electron chi connectivity index (χ1n) is 14.7. The third kappa shape index (κ3) is 7.40. The number of para-hydroxylation sites is 1. The largest absolute Gasteiger partial charge is 0.425 e. The number of carbonyl (C=O) groups excluding carboxylic acids is 1. The van der Waals surface area contributed by atoms with Crippen molar-refractivity contribution in [1.82, 2.24) is 0 Å². The van der Waals surface area contributed by atoms with Crippen molar-refractivity contribution in [2.45, 2.75) is 104 Å². The van der Waals surface area contributed by atoms with Crippen molar-refractivity contribution in [2.24, 2.45) is 0 Å². The Kier molecular flexibility index (Phi) is 10.5. The van der Waals surface area contributed by atoms with Gasteiger partial charge in [0.25, 0.3) is 10.0 Å². The molecule has 222 valence electrons. The second-order valence-corrected chi connectivity index (χ2v) is 14.2. The number of hydrogen-bond donors (Lipinski definition) is 1. The standard InChI is InChI=1S/C35H47NO4S/c1-21(2)27-19-30(24(7)8)32(31(20-27)25(9)10)36-41(38,39)34(26-15-12-11-13-16-26)35(37)40-33-28(22(3)4)17-14-18-29(33)23(5)6/h11-25,34,36H,1-10H3. The summed E-state index contributed by atoms with van der Waals surface area (Å²) in [6, 6.07) is 18.6. The lowest BCUT2D eigenvalue weighted by molar-refractivity contribution is -0.134. The summed E-state index contributed by atoms with van der Waals surface area (Å²) in [6.45, 7) is 20.6. The summed E-state index contributed by atoms with van der Waals surface area (Å²) in [6.07, 6.45) is 0. The Labute approximate surface area is 247 Å². The first-order chi connectivity index (χ1) is 19.2. The minimum Gasteiger partial charge on any atom is -0.425 e. The Morgan fingerprint density at radius 3 is 1.49 bits per heavy atom. The molecule has 0 aromatic heterocycles. The van der Waals surface area contributed by atoms with Gasteiger partial charge in [-0.25, -0.2) is 13.2 Å². The first-order valence-corrected chi connectivity index (χ1v) is 16.3. The zero-order valence-corrected chi connectivity index (χ0v) is 27.1. The fourth-order valence-corrected chi connectivity index (χ4v) is 6.55. The van der Waals surface area contributed by atoms with Gasteiger partial charge in [0.1, 0.15) is 5.75 Å². The molecule has 3 rings (SSSR count). The summed E-state index contributed by atoms with van der Waals surface area (Å²) in [7, 11) is -4.28. The molecule has 0 aliphatic heterocycles. The molecule has 3 aromatic rings. The number of carbonyl (C=O) groups is 1. The Morgan fingerprint density at radius 2 is 1.07 bits per heavy atom. The Morgan fingerprint density at radius 1 is 0.610 bits per heavy atom. The third-order valence-electron chi connectivity index (χ3n) is 7.53. The summed E-state index contributed by atoms with van der Waals surface area (Å²) in [4.78, 5) is 14.0. The van der Waals surface area contributed by atoms with E-state index in [0.717, 1.165) is 27.8 Å². The normalized spacial score (nSPS) is 13.0. The van der Waals surface area contributed by atoms with Crippen LogP contribution in [0.5, 0.6) is 5.75 Å². The zero-order valence-electron chi connectivity index (χ0n) is 26.3. The van der Waals surface area contributed by atoms with E-state index in [1.807, 2.05) is 45.9 Å². The van der Waals surface area contributed by atoms with Crippen molar-refractivity contribution >= 4 is 21.7 Å². The van der Waals surface area contributed by atoms with Gasteiger partial charge < -0.3 is 4.74 Å². The van der Waals surface area contributed by atoms with E-state index < -0.39 is 21.2 Å². The average molecular weight is 578 g/mol. The lowest BCUT2D eigenvalue weighted by Gasteiger charge is -2.26. The minimum absolute atomic E-state index is 0.0672. The number of sulfonamides is 1. The highest BCUT2D eigenvalue weighted by Crippen LogP contribution is 2.40. The number of rotatable bonds is 11. The topological polar surface area (TPSA) is 72.5 Å². The molecule has 1 unspecified atom stereocenters. The molecule has 0 saturated heterocycles. The van der Waals surface area contributed by atoms with E-state index in [1.165, 1.54) is 0 Å². The van der Waals surface area contributed by atoms with Crippen LogP contribution in [0.1, 0.15) is 137 Å². The van der Waals surface area contributed by atoms with Gasteiger partial charge in [-0.15, -0.1) is 0 Å². The summed E-state index contributed by atoms with van der Waals surface area (Å²) >= 11 is 0. The monoisotopic (exact) mass is 577 g/mol. The van der Waals surface area contributed by atoms with Gasteiger partial charge in [-0.1, -0.05) is 130 Å². The summed E-state index contributed by atoms with van der Waals surface area (Å²) in [5, 5.41) is -1.56. The van der Waals surface area contributed by atoms with Gasteiger partial charge in [0, 0.05) is 0 Å².